The van der Waals surface area contributed by atoms with Crippen molar-refractivity contribution in [2.45, 2.75) is 114 Å². The number of rotatable bonds is 13. The lowest BCUT2D eigenvalue weighted by Crippen LogP contribution is -2.34. The quantitative estimate of drug-likeness (QED) is 0.116. The summed E-state index contributed by atoms with van der Waals surface area (Å²) in [4.78, 5) is 14.6. The minimum atomic E-state index is -0.677. The van der Waals surface area contributed by atoms with Gasteiger partial charge in [0.25, 0.3) is 0 Å². The predicted octanol–water partition coefficient (Wildman–Crippen LogP) is 15.4. The highest BCUT2D eigenvalue weighted by Crippen LogP contribution is 2.46. The second-order valence-corrected chi connectivity index (χ2v) is 23.3. The molecule has 1 amide bonds. The number of nitriles is 1. The number of nitrogens with two attached hydrogens (primary N) is 1. The van der Waals surface area contributed by atoms with E-state index in [1.165, 1.54) is 26.4 Å². The van der Waals surface area contributed by atoms with E-state index in [-0.39, 0.29) is 25.4 Å². The van der Waals surface area contributed by atoms with Crippen molar-refractivity contribution in [2.75, 3.05) is 14.2 Å². The number of thioether (sulfide) groups is 2. The molecule has 0 saturated carbocycles. The number of amides is 1. The Hall–Kier alpha value is -4.20. The summed E-state index contributed by atoms with van der Waals surface area (Å²) in [6.45, 7) is 22.5. The molecule has 0 unspecified atom stereocenters. The van der Waals surface area contributed by atoms with E-state index >= 15 is 0 Å². The number of hydrogen-bond donors (Lipinski definition) is 1. The topological polar surface area (TPSA) is 95.2 Å². The monoisotopic (exact) mass is 912 g/mol. The minimum absolute atomic E-state index is 0. The van der Waals surface area contributed by atoms with E-state index in [2.05, 4.69) is 93.1 Å². The van der Waals surface area contributed by atoms with Gasteiger partial charge in [0, 0.05) is 104 Å². The zero-order valence-electron chi connectivity index (χ0n) is 37.6. The average molecular weight is 914 g/mol. The van der Waals surface area contributed by atoms with Crippen molar-refractivity contribution in [3.8, 4) is 17.6 Å². The van der Waals surface area contributed by atoms with Gasteiger partial charge in [0.05, 0.1) is 25.7 Å². The molecule has 0 aliphatic carbocycles. The third-order valence-corrected chi connectivity index (χ3v) is 13.2. The van der Waals surface area contributed by atoms with Crippen molar-refractivity contribution in [3.63, 3.8) is 0 Å². The summed E-state index contributed by atoms with van der Waals surface area (Å²) in [5.74, 6) is 1.35. The fourth-order valence-electron chi connectivity index (χ4n) is 7.03. The van der Waals surface area contributed by atoms with Crippen LogP contribution >= 0.6 is 46.7 Å². The molecule has 0 radical (unpaired) electrons. The Balaban J connectivity index is -0.00000113. The molecule has 0 aliphatic heterocycles. The Bertz CT molecular complexity index is 2570. The maximum atomic E-state index is 12.2. The molecule has 7 nitrogen and oxygen atoms in total. The molecule has 2 aromatic heterocycles. The molecule has 0 bridgehead atoms. The van der Waals surface area contributed by atoms with Crippen LogP contribution in [-0.2, 0) is 30.7 Å². The molecule has 0 spiro atoms. The van der Waals surface area contributed by atoms with Crippen molar-refractivity contribution in [2.24, 2.45) is 16.6 Å². The lowest BCUT2D eigenvalue weighted by Gasteiger charge is -2.25. The molecule has 11 heteroatoms. The van der Waals surface area contributed by atoms with Gasteiger partial charge in [-0.3, -0.25) is 4.79 Å². The van der Waals surface area contributed by atoms with Crippen LogP contribution in [0.1, 0.15) is 102 Å². The van der Waals surface area contributed by atoms with E-state index in [1.807, 2.05) is 99.7 Å². The van der Waals surface area contributed by atoms with E-state index in [0.29, 0.717) is 24.4 Å². The summed E-state index contributed by atoms with van der Waals surface area (Å²) in [6, 6.07) is 30.8. The Morgan fingerprint density at radius 3 is 1.36 bits per heavy atom. The molecule has 0 saturated heterocycles. The maximum absolute atomic E-state index is 12.2. The van der Waals surface area contributed by atoms with Gasteiger partial charge in [-0.15, -0.1) is 23.5 Å². The molecule has 6 aromatic rings. The molecule has 0 aliphatic rings. The standard InChI is InChI=1S/C25H31ClN2O2S.C25H29ClN2OS.7H2/c1-24(2,3)31-22-19-13-18(30-6)11-12-20(19)28(15-16-7-9-17(26)10-8-16)21(22)14-25(4,5)23(27)29;1-24(2,3)30-23-20-13-19(29-6)11-12-21(20)28(22(23)14-25(4,5)16-27)15-17-7-9-18(26)10-8-17;;;;;;;/h7-13H,14-15H2,1-6H3,(H2,27,29);7-13H,14-15H2,1-6H3;7*1H. The van der Waals surface area contributed by atoms with Crippen LogP contribution in [0.5, 0.6) is 11.5 Å². The zero-order valence-corrected chi connectivity index (χ0v) is 40.8. The van der Waals surface area contributed by atoms with E-state index < -0.39 is 10.8 Å². The van der Waals surface area contributed by atoms with Crippen LogP contribution in [0.15, 0.2) is 94.7 Å². The minimum Gasteiger partial charge on any atom is -0.497 e. The summed E-state index contributed by atoms with van der Waals surface area (Å²) >= 11 is 15.9. The molecule has 4 aromatic carbocycles. The van der Waals surface area contributed by atoms with E-state index in [4.69, 9.17) is 38.4 Å². The number of methoxy groups -OCH3 is 2. The molecule has 2 heterocycles. The second kappa shape index (κ2) is 19.0. The number of fused-ring (bicyclic) bond motifs is 2. The van der Waals surface area contributed by atoms with Crippen LogP contribution in [-0.4, -0.2) is 38.8 Å². The molecule has 338 valence electrons. The third kappa shape index (κ3) is 12.3. The molecule has 6 rings (SSSR count). The lowest BCUT2D eigenvalue weighted by molar-refractivity contribution is -0.126. The number of nitrogens with zero attached hydrogens (tertiary/aromatic N) is 3. The first-order chi connectivity index (χ1) is 28.4. The third-order valence-electron chi connectivity index (χ3n) is 10.2. The maximum Gasteiger partial charge on any atom is 0.223 e. The van der Waals surface area contributed by atoms with Gasteiger partial charge in [0.1, 0.15) is 11.5 Å². The Morgan fingerprint density at radius 1 is 0.656 bits per heavy atom. The molecule has 2 N–H and O–H groups in total. The van der Waals surface area contributed by atoms with Crippen LogP contribution in [0.2, 0.25) is 10.0 Å². The van der Waals surface area contributed by atoms with E-state index in [0.717, 1.165) is 50.7 Å². The van der Waals surface area contributed by atoms with Crippen LogP contribution in [0, 0.1) is 22.2 Å². The zero-order chi connectivity index (χ0) is 45.1. The van der Waals surface area contributed by atoms with Crippen molar-refractivity contribution in [1.82, 2.24) is 9.13 Å². The number of benzene rings is 4. The first kappa shape index (κ1) is 47.8. The fourth-order valence-corrected chi connectivity index (χ4v) is 9.65. The van der Waals surface area contributed by atoms with Gasteiger partial charge in [0.15, 0.2) is 0 Å². The number of aromatic nitrogens is 2. The van der Waals surface area contributed by atoms with Gasteiger partial charge in [-0.25, -0.2) is 0 Å². The number of hydrogen-bond acceptors (Lipinski definition) is 6. The smallest absolute Gasteiger partial charge is 0.223 e. The predicted molar refractivity (Wildman–Crippen MR) is 274 cm³/mol. The molecule has 0 fully saturated rings. The Morgan fingerprint density at radius 2 is 1.03 bits per heavy atom. The first-order valence-electron chi connectivity index (χ1n) is 20.4. The Labute approximate surface area is 391 Å². The van der Waals surface area contributed by atoms with E-state index in [1.54, 1.807) is 14.2 Å². The van der Waals surface area contributed by atoms with Crippen LogP contribution < -0.4 is 15.2 Å². The van der Waals surface area contributed by atoms with Gasteiger partial charge in [-0.2, -0.15) is 5.26 Å². The normalized spacial score (nSPS) is 12.3. The van der Waals surface area contributed by atoms with Crippen LogP contribution in [0.25, 0.3) is 21.8 Å². The number of carbonyl (C=O) groups is 1. The summed E-state index contributed by atoms with van der Waals surface area (Å²) < 4.78 is 15.7. The van der Waals surface area contributed by atoms with Crippen LogP contribution in [0.3, 0.4) is 0 Å². The van der Waals surface area contributed by atoms with Gasteiger partial charge in [0.2, 0.25) is 5.91 Å². The number of ether oxygens (including phenoxy) is 2. The summed E-state index contributed by atoms with van der Waals surface area (Å²) in [5, 5.41) is 13.5. The summed E-state index contributed by atoms with van der Waals surface area (Å²) in [5.41, 5.74) is 11.5. The SMILES string of the molecule is COc1ccc2c(c1)c(SC(C)(C)C)c(CC(C)(C)C#N)n2Cc1ccc(Cl)cc1.COc1ccc2c(c1)c(SC(C)(C)C)c(CC(C)(C)C(N)=O)n2Cc1ccc(Cl)cc1.[HH].[HH].[HH].[HH].[HH].[HH].[HH]. The Kier molecular flexibility index (Phi) is 14.9. The van der Waals surface area contributed by atoms with Crippen LogP contribution in [0.4, 0.5) is 0 Å². The second-order valence-electron chi connectivity index (χ2n) is 18.8. The van der Waals surface area contributed by atoms with Crippen molar-refractivity contribution >= 4 is 74.4 Å². The molecular weight excluding hydrogens is 840 g/mol. The highest BCUT2D eigenvalue weighted by atomic mass is 35.5. The van der Waals surface area contributed by atoms with Gasteiger partial charge >= 0.3 is 0 Å². The lowest BCUT2D eigenvalue weighted by atomic mass is 9.87. The molecule has 0 atom stereocenters. The highest BCUT2D eigenvalue weighted by Gasteiger charge is 2.32. The van der Waals surface area contributed by atoms with E-state index in [9.17, 15) is 10.1 Å². The van der Waals surface area contributed by atoms with Crippen molar-refractivity contribution in [1.29, 1.82) is 5.26 Å². The van der Waals surface area contributed by atoms with Crippen molar-refractivity contribution < 1.29 is 24.3 Å². The summed E-state index contributed by atoms with van der Waals surface area (Å²) in [6.07, 6.45) is 1.22. The number of primary amides is 1. The summed E-state index contributed by atoms with van der Waals surface area (Å²) in [7, 11) is 3.38. The fraction of sp³-hybridized carbons (Fsp3) is 0.400. The van der Waals surface area contributed by atoms with Gasteiger partial charge in [-0.1, -0.05) is 103 Å². The van der Waals surface area contributed by atoms with Gasteiger partial charge < -0.3 is 24.3 Å². The average Bonchev–Trinajstić information content (AvgIpc) is 3.60. The number of halogens is 2. The highest BCUT2D eigenvalue weighted by molar-refractivity contribution is 8.01. The van der Waals surface area contributed by atoms with Crippen molar-refractivity contribution in [3.05, 3.63) is 117 Å². The first-order valence-corrected chi connectivity index (χ1v) is 22.8. The van der Waals surface area contributed by atoms with Gasteiger partial charge in [-0.05, 0) is 85.6 Å². The molecule has 61 heavy (non-hydrogen) atoms. The number of carbonyl (C=O) groups excluding carboxylic acids is 1. The largest absolute Gasteiger partial charge is 0.497 e. The molecular formula is C50H74Cl2N4O3S2.